The standard InChI is InChI=1S/C21H20F3N3O3S/c1-13(2)27-18(19(29)14-8-10-15(11-9-14)21(22,23)24)20(30-26-27)25-17(28)12-31-16-6-4-3-5-7-16/h3-11,13,19,29H,12H2,1-2H3/p+1. The molecular formula is C21H21F3N3O3S+. The molecule has 31 heavy (non-hydrogen) atoms. The van der Waals surface area contributed by atoms with Crippen molar-refractivity contribution >= 4 is 23.6 Å². The molecule has 0 fully saturated rings. The van der Waals surface area contributed by atoms with Crippen LogP contribution in [0.2, 0.25) is 0 Å². The number of thioether (sulfide) groups is 1. The van der Waals surface area contributed by atoms with Gasteiger partial charge in [0.25, 0.3) is 0 Å². The summed E-state index contributed by atoms with van der Waals surface area (Å²) in [5, 5.41) is 17.3. The van der Waals surface area contributed by atoms with E-state index in [0.29, 0.717) is 0 Å². The predicted molar refractivity (Wildman–Crippen MR) is 108 cm³/mol. The molecule has 2 N–H and O–H groups in total. The maximum Gasteiger partial charge on any atom is 0.416 e. The average Bonchev–Trinajstić information content (AvgIpc) is 3.15. The van der Waals surface area contributed by atoms with Gasteiger partial charge < -0.3 is 5.11 Å². The van der Waals surface area contributed by atoms with Crippen LogP contribution in [0.25, 0.3) is 0 Å². The van der Waals surface area contributed by atoms with E-state index in [1.165, 1.54) is 28.6 Å². The Kier molecular flexibility index (Phi) is 7.01. The van der Waals surface area contributed by atoms with Crippen LogP contribution in [0, 0.1) is 0 Å². The first-order valence-electron chi connectivity index (χ1n) is 9.41. The third kappa shape index (κ3) is 5.65. The molecule has 2 aromatic carbocycles. The molecule has 0 bridgehead atoms. The van der Waals surface area contributed by atoms with Gasteiger partial charge >= 0.3 is 17.8 Å². The van der Waals surface area contributed by atoms with Crippen LogP contribution >= 0.6 is 11.8 Å². The van der Waals surface area contributed by atoms with Gasteiger partial charge in [0.1, 0.15) is 0 Å². The zero-order valence-corrected chi connectivity index (χ0v) is 17.6. The summed E-state index contributed by atoms with van der Waals surface area (Å²) in [6.45, 7) is 3.59. The molecule has 3 rings (SSSR count). The molecule has 1 amide bonds. The highest BCUT2D eigenvalue weighted by molar-refractivity contribution is 8.00. The number of carbonyl (C=O) groups is 1. The molecule has 1 unspecified atom stereocenters. The lowest BCUT2D eigenvalue weighted by Crippen LogP contribution is -2.43. The van der Waals surface area contributed by atoms with Crippen molar-refractivity contribution in [1.29, 1.82) is 0 Å². The number of anilines is 1. The zero-order chi connectivity index (χ0) is 22.6. The lowest BCUT2D eigenvalue weighted by molar-refractivity contribution is -0.787. The van der Waals surface area contributed by atoms with Gasteiger partial charge in [-0.05, 0) is 34.5 Å². The highest BCUT2D eigenvalue weighted by Gasteiger charge is 2.36. The number of nitrogens with zero attached hydrogens (tertiary/aromatic N) is 2. The maximum absolute atomic E-state index is 12.8. The molecule has 3 aromatic rings. The Bertz CT molecular complexity index is 1020. The van der Waals surface area contributed by atoms with Gasteiger partial charge in [-0.1, -0.05) is 30.3 Å². The van der Waals surface area contributed by atoms with Crippen molar-refractivity contribution in [3.05, 3.63) is 71.4 Å². The molecular weight excluding hydrogens is 431 g/mol. The first-order chi connectivity index (χ1) is 14.7. The SMILES string of the molecule is CC(C)[n+]1noc(NC(=O)CSc2ccccc2)c1C(O)c1ccc(C(F)(F)F)cc1. The summed E-state index contributed by atoms with van der Waals surface area (Å²) >= 11 is 1.33. The van der Waals surface area contributed by atoms with E-state index >= 15 is 0 Å². The number of halogens is 3. The number of hydrogen-bond donors (Lipinski definition) is 2. The fourth-order valence-electron chi connectivity index (χ4n) is 2.83. The van der Waals surface area contributed by atoms with Crippen molar-refractivity contribution in [2.24, 2.45) is 0 Å². The van der Waals surface area contributed by atoms with Crippen molar-refractivity contribution in [3.63, 3.8) is 0 Å². The summed E-state index contributed by atoms with van der Waals surface area (Å²) < 4.78 is 45.1. The molecule has 0 saturated carbocycles. The second kappa shape index (κ2) is 9.52. The molecule has 164 valence electrons. The Morgan fingerprint density at radius 2 is 1.81 bits per heavy atom. The zero-order valence-electron chi connectivity index (χ0n) is 16.8. The summed E-state index contributed by atoms with van der Waals surface area (Å²) in [6.07, 6.45) is -5.83. The Morgan fingerprint density at radius 1 is 1.16 bits per heavy atom. The molecule has 1 heterocycles. The van der Waals surface area contributed by atoms with E-state index in [0.717, 1.165) is 17.0 Å². The van der Waals surface area contributed by atoms with Gasteiger partial charge in [-0.3, -0.25) is 14.6 Å². The first kappa shape index (κ1) is 22.8. The predicted octanol–water partition coefficient (Wildman–Crippen LogP) is 4.37. The maximum atomic E-state index is 12.8. The molecule has 0 aliphatic rings. The number of alkyl halides is 3. The molecule has 1 aromatic heterocycles. The van der Waals surface area contributed by atoms with E-state index in [2.05, 4.69) is 10.6 Å². The first-order valence-corrected chi connectivity index (χ1v) is 10.4. The van der Waals surface area contributed by atoms with E-state index < -0.39 is 17.8 Å². The fraction of sp³-hybridized carbons (Fsp3) is 0.286. The van der Waals surface area contributed by atoms with Gasteiger partial charge in [0.05, 0.1) is 11.3 Å². The van der Waals surface area contributed by atoms with Crippen molar-refractivity contribution in [2.75, 3.05) is 11.1 Å². The Labute approximate surface area is 181 Å². The molecule has 0 spiro atoms. The van der Waals surface area contributed by atoms with E-state index in [9.17, 15) is 23.1 Å². The highest BCUT2D eigenvalue weighted by Crippen LogP contribution is 2.32. The summed E-state index contributed by atoms with van der Waals surface area (Å²) in [4.78, 5) is 13.3. The summed E-state index contributed by atoms with van der Waals surface area (Å²) in [5.74, 6) is -0.330. The molecule has 0 aliphatic carbocycles. The quantitative estimate of drug-likeness (QED) is 0.411. The molecule has 6 nitrogen and oxygen atoms in total. The van der Waals surface area contributed by atoms with Gasteiger partial charge in [-0.25, -0.2) is 0 Å². The lowest BCUT2D eigenvalue weighted by atomic mass is 10.0. The average molecular weight is 452 g/mol. The van der Waals surface area contributed by atoms with Gasteiger partial charge in [0.15, 0.2) is 12.1 Å². The Hall–Kier alpha value is -2.85. The van der Waals surface area contributed by atoms with Crippen molar-refractivity contribution in [3.8, 4) is 0 Å². The summed E-state index contributed by atoms with van der Waals surface area (Å²) in [6, 6.07) is 13.3. The van der Waals surface area contributed by atoms with Crippen molar-refractivity contribution in [2.45, 2.75) is 37.1 Å². The fourth-order valence-corrected chi connectivity index (χ4v) is 3.55. The molecule has 10 heteroatoms. The highest BCUT2D eigenvalue weighted by atomic mass is 32.2. The van der Waals surface area contributed by atoms with Gasteiger partial charge in [-0.2, -0.15) is 13.2 Å². The van der Waals surface area contributed by atoms with Crippen LogP contribution in [0.4, 0.5) is 19.1 Å². The topological polar surface area (TPSA) is 79.2 Å². The monoisotopic (exact) mass is 452 g/mol. The number of nitrogens with one attached hydrogen (secondary N) is 1. The van der Waals surface area contributed by atoms with Crippen LogP contribution < -0.4 is 10.00 Å². The third-order valence-electron chi connectivity index (χ3n) is 4.37. The van der Waals surface area contributed by atoms with Crippen LogP contribution in [0.1, 0.15) is 42.8 Å². The Morgan fingerprint density at radius 3 is 2.39 bits per heavy atom. The van der Waals surface area contributed by atoms with E-state index in [4.69, 9.17) is 4.52 Å². The largest absolute Gasteiger partial charge is 0.416 e. The van der Waals surface area contributed by atoms with Crippen molar-refractivity contribution in [1.82, 2.24) is 5.27 Å². The molecule has 0 radical (unpaired) electrons. The van der Waals surface area contributed by atoms with Crippen molar-refractivity contribution < 1.29 is 32.3 Å². The van der Waals surface area contributed by atoms with Crippen LogP contribution in [0.3, 0.4) is 0 Å². The second-order valence-electron chi connectivity index (χ2n) is 7.00. The Balaban J connectivity index is 1.80. The number of rotatable bonds is 7. The minimum Gasteiger partial charge on any atom is -0.377 e. The number of hydrogen-bond acceptors (Lipinski definition) is 5. The normalized spacial score (nSPS) is 12.7. The number of amides is 1. The lowest BCUT2D eigenvalue weighted by Gasteiger charge is -2.11. The van der Waals surface area contributed by atoms with Crippen LogP contribution in [0.5, 0.6) is 0 Å². The number of carbonyl (C=O) groups excluding carboxylic acids is 1. The van der Waals surface area contributed by atoms with Crippen LogP contribution in [-0.2, 0) is 11.0 Å². The third-order valence-corrected chi connectivity index (χ3v) is 5.38. The number of aliphatic hydroxyl groups excluding tert-OH is 1. The molecule has 1 atom stereocenters. The number of benzene rings is 2. The number of aromatic nitrogens is 2. The second-order valence-corrected chi connectivity index (χ2v) is 8.05. The van der Waals surface area contributed by atoms with Gasteiger partial charge in [0, 0.05) is 18.7 Å². The summed E-state index contributed by atoms with van der Waals surface area (Å²) in [7, 11) is 0. The minimum atomic E-state index is -4.48. The smallest absolute Gasteiger partial charge is 0.377 e. The van der Waals surface area contributed by atoms with Crippen LogP contribution in [0.15, 0.2) is 64.0 Å². The van der Waals surface area contributed by atoms with E-state index in [-0.39, 0.29) is 34.8 Å². The van der Waals surface area contributed by atoms with E-state index in [1.807, 2.05) is 30.3 Å². The van der Waals surface area contributed by atoms with Crippen LogP contribution in [-0.4, -0.2) is 22.0 Å². The van der Waals surface area contributed by atoms with Gasteiger partial charge in [-0.15, -0.1) is 11.8 Å². The van der Waals surface area contributed by atoms with Gasteiger partial charge in [0.2, 0.25) is 11.2 Å². The van der Waals surface area contributed by atoms with E-state index in [1.54, 1.807) is 13.8 Å². The minimum absolute atomic E-state index is 0.0558. The molecule has 0 saturated heterocycles. The number of aliphatic hydroxyl groups is 1. The molecule has 0 aliphatic heterocycles. The summed E-state index contributed by atoms with van der Waals surface area (Å²) in [5.41, 5.74) is -0.468.